The first-order valence-electron chi connectivity index (χ1n) is 10.4. The van der Waals surface area contributed by atoms with Gasteiger partial charge in [0, 0.05) is 37.9 Å². The Balaban J connectivity index is 1.30. The number of hydrogen-bond acceptors (Lipinski definition) is 8. The predicted molar refractivity (Wildman–Crippen MR) is 119 cm³/mol. The Morgan fingerprint density at radius 1 is 0.969 bits per heavy atom. The lowest BCUT2D eigenvalue weighted by molar-refractivity contribution is 0.626. The molecule has 32 heavy (non-hydrogen) atoms. The number of para-hydroxylation sites is 1. The Hall–Kier alpha value is -4.28. The van der Waals surface area contributed by atoms with Gasteiger partial charge in [0.05, 0.1) is 11.9 Å². The first kappa shape index (κ1) is 18.5. The number of benzene rings is 1. The molecule has 1 fully saturated rings. The van der Waals surface area contributed by atoms with Gasteiger partial charge in [0.2, 0.25) is 5.95 Å². The van der Waals surface area contributed by atoms with Crippen molar-refractivity contribution in [1.29, 1.82) is 0 Å². The van der Waals surface area contributed by atoms with Crippen molar-refractivity contribution in [1.82, 2.24) is 39.3 Å². The summed E-state index contributed by atoms with van der Waals surface area (Å²) in [6.07, 6.45) is 3.08. The van der Waals surface area contributed by atoms with Crippen LogP contribution in [-0.4, -0.2) is 65.5 Å². The first-order chi connectivity index (χ1) is 15.7. The summed E-state index contributed by atoms with van der Waals surface area (Å²) >= 11 is 0. The summed E-state index contributed by atoms with van der Waals surface area (Å²) in [5.41, 5.74) is 2.12. The van der Waals surface area contributed by atoms with Crippen molar-refractivity contribution in [2.24, 2.45) is 0 Å². The fraction of sp³-hybridized carbons (Fsp3) is 0.238. The highest BCUT2D eigenvalue weighted by Gasteiger charge is 2.23. The Bertz CT molecular complexity index is 1480. The van der Waals surface area contributed by atoms with Crippen LogP contribution < -0.4 is 15.4 Å². The van der Waals surface area contributed by atoms with E-state index in [9.17, 15) is 4.79 Å². The van der Waals surface area contributed by atoms with Gasteiger partial charge in [-0.15, -0.1) is 0 Å². The Kier molecular flexibility index (Phi) is 4.13. The number of fused-ring (bicyclic) bond motifs is 2. The van der Waals surface area contributed by atoms with Gasteiger partial charge in [-0.3, -0.25) is 9.78 Å². The Labute approximate surface area is 182 Å². The molecular formula is C21H20N10O. The lowest BCUT2D eigenvalue weighted by Crippen LogP contribution is -2.48. The smallest absolute Gasteiger partial charge is 0.263 e. The molecule has 0 bridgehead atoms. The lowest BCUT2D eigenvalue weighted by Gasteiger charge is -2.36. The zero-order valence-corrected chi connectivity index (χ0v) is 17.4. The normalized spacial score (nSPS) is 14.5. The number of nitrogens with one attached hydrogen (secondary N) is 1. The molecule has 0 saturated carbocycles. The summed E-state index contributed by atoms with van der Waals surface area (Å²) in [6, 6.07) is 11.7. The van der Waals surface area contributed by atoms with E-state index in [1.807, 2.05) is 43.3 Å². The van der Waals surface area contributed by atoms with Crippen LogP contribution in [0.1, 0.15) is 5.69 Å². The average molecular weight is 428 g/mol. The molecule has 11 heteroatoms. The van der Waals surface area contributed by atoms with E-state index in [4.69, 9.17) is 4.98 Å². The highest BCUT2D eigenvalue weighted by molar-refractivity contribution is 5.76. The van der Waals surface area contributed by atoms with Gasteiger partial charge in [-0.1, -0.05) is 18.2 Å². The summed E-state index contributed by atoms with van der Waals surface area (Å²) in [4.78, 5) is 33.4. The second-order valence-corrected chi connectivity index (χ2v) is 7.72. The van der Waals surface area contributed by atoms with E-state index in [2.05, 4.69) is 34.9 Å². The molecule has 1 N–H and O–H groups in total. The molecule has 1 aliphatic heterocycles. The number of aromatic nitrogens is 8. The minimum atomic E-state index is -0.191. The maximum atomic E-state index is 12.7. The highest BCUT2D eigenvalue weighted by Crippen LogP contribution is 2.21. The molecule has 1 saturated heterocycles. The number of rotatable bonds is 3. The van der Waals surface area contributed by atoms with Crippen molar-refractivity contribution in [3.8, 4) is 5.69 Å². The van der Waals surface area contributed by atoms with E-state index in [-0.39, 0.29) is 5.56 Å². The van der Waals surface area contributed by atoms with Gasteiger partial charge in [-0.05, 0) is 19.1 Å². The third kappa shape index (κ3) is 2.97. The van der Waals surface area contributed by atoms with Crippen LogP contribution in [0.15, 0.2) is 53.7 Å². The van der Waals surface area contributed by atoms with Crippen molar-refractivity contribution in [2.45, 2.75) is 6.92 Å². The average Bonchev–Trinajstić information content (AvgIpc) is 3.46. The molecule has 1 aromatic carbocycles. The third-order valence-electron chi connectivity index (χ3n) is 5.69. The van der Waals surface area contributed by atoms with Crippen molar-refractivity contribution < 1.29 is 0 Å². The molecule has 0 atom stereocenters. The molecule has 0 amide bonds. The van der Waals surface area contributed by atoms with Crippen LogP contribution >= 0.6 is 0 Å². The van der Waals surface area contributed by atoms with Crippen LogP contribution in [-0.2, 0) is 0 Å². The van der Waals surface area contributed by atoms with Crippen molar-refractivity contribution >= 4 is 28.6 Å². The zero-order valence-electron chi connectivity index (χ0n) is 17.4. The molecule has 4 aromatic heterocycles. The monoisotopic (exact) mass is 428 g/mol. The molecule has 5 aromatic rings. The quantitative estimate of drug-likeness (QED) is 0.456. The number of aromatic amines is 1. The fourth-order valence-electron chi connectivity index (χ4n) is 4.10. The van der Waals surface area contributed by atoms with E-state index in [0.717, 1.165) is 30.3 Å². The van der Waals surface area contributed by atoms with E-state index in [1.165, 1.54) is 6.33 Å². The molecule has 160 valence electrons. The van der Waals surface area contributed by atoms with Crippen LogP contribution in [0.4, 0.5) is 11.8 Å². The number of anilines is 2. The van der Waals surface area contributed by atoms with Crippen LogP contribution in [0.25, 0.3) is 22.5 Å². The van der Waals surface area contributed by atoms with Crippen LogP contribution in [0.3, 0.4) is 0 Å². The number of aryl methyl sites for hydroxylation is 1. The summed E-state index contributed by atoms with van der Waals surface area (Å²) in [5, 5.41) is 9.16. The standard InChI is InChI=1S/C21H20N10O/c1-14-11-17(31-20(25-14)22-13-24-31)28-7-9-29(10-8-28)21-26-18-16(19(32)27-21)12-23-30(18)15-5-3-2-4-6-15/h2-6,11-13H,7-10H2,1H3,(H,26,27,32). The Morgan fingerprint density at radius 2 is 1.75 bits per heavy atom. The predicted octanol–water partition coefficient (Wildman–Crippen LogP) is 1.18. The number of nitrogens with zero attached hydrogens (tertiary/aromatic N) is 9. The lowest BCUT2D eigenvalue weighted by atomic mass is 10.3. The fourth-order valence-corrected chi connectivity index (χ4v) is 4.10. The van der Waals surface area contributed by atoms with E-state index in [0.29, 0.717) is 35.8 Å². The third-order valence-corrected chi connectivity index (χ3v) is 5.69. The summed E-state index contributed by atoms with van der Waals surface area (Å²) in [6.45, 7) is 4.85. The number of piperazine rings is 1. The molecule has 0 radical (unpaired) electrons. The first-order valence-corrected chi connectivity index (χ1v) is 10.4. The SMILES string of the molecule is Cc1cc(N2CCN(c3nc4c(cnn4-c4ccccc4)c(=O)[nH]3)CC2)n2ncnc2n1. The van der Waals surface area contributed by atoms with Crippen molar-refractivity contribution in [3.05, 3.63) is 65.0 Å². The van der Waals surface area contributed by atoms with E-state index in [1.54, 1.807) is 15.4 Å². The minimum absolute atomic E-state index is 0.191. The van der Waals surface area contributed by atoms with Gasteiger partial charge >= 0.3 is 0 Å². The second-order valence-electron chi connectivity index (χ2n) is 7.72. The second kappa shape index (κ2) is 7.15. The number of H-pyrrole nitrogens is 1. The maximum Gasteiger partial charge on any atom is 0.263 e. The van der Waals surface area contributed by atoms with Gasteiger partial charge in [0.25, 0.3) is 11.3 Å². The van der Waals surface area contributed by atoms with Crippen LogP contribution in [0.2, 0.25) is 0 Å². The van der Waals surface area contributed by atoms with Gasteiger partial charge < -0.3 is 9.80 Å². The molecular weight excluding hydrogens is 408 g/mol. The summed E-state index contributed by atoms with van der Waals surface area (Å²) in [7, 11) is 0. The maximum absolute atomic E-state index is 12.7. The minimum Gasteiger partial charge on any atom is -0.353 e. The van der Waals surface area contributed by atoms with Gasteiger partial charge in [-0.25, -0.2) is 9.67 Å². The van der Waals surface area contributed by atoms with Gasteiger partial charge in [0.1, 0.15) is 17.5 Å². The number of hydrogen-bond donors (Lipinski definition) is 1. The van der Waals surface area contributed by atoms with Crippen LogP contribution in [0.5, 0.6) is 0 Å². The molecule has 0 spiro atoms. The molecule has 0 aliphatic carbocycles. The van der Waals surface area contributed by atoms with Gasteiger partial charge in [0.15, 0.2) is 5.65 Å². The van der Waals surface area contributed by atoms with Crippen molar-refractivity contribution in [3.63, 3.8) is 0 Å². The zero-order chi connectivity index (χ0) is 21.7. The van der Waals surface area contributed by atoms with Crippen LogP contribution in [0, 0.1) is 6.92 Å². The largest absolute Gasteiger partial charge is 0.353 e. The van der Waals surface area contributed by atoms with Gasteiger partial charge in [-0.2, -0.15) is 24.7 Å². The molecule has 6 rings (SSSR count). The molecule has 1 aliphatic rings. The molecule has 5 heterocycles. The summed E-state index contributed by atoms with van der Waals surface area (Å²) in [5.74, 6) is 2.11. The molecule has 11 nitrogen and oxygen atoms in total. The molecule has 0 unspecified atom stereocenters. The highest BCUT2D eigenvalue weighted by atomic mass is 16.1. The van der Waals surface area contributed by atoms with Crippen molar-refractivity contribution in [2.75, 3.05) is 36.0 Å². The topological polar surface area (TPSA) is 113 Å². The van der Waals surface area contributed by atoms with E-state index >= 15 is 0 Å². The van der Waals surface area contributed by atoms with E-state index < -0.39 is 0 Å². The Morgan fingerprint density at radius 3 is 2.56 bits per heavy atom. The summed E-state index contributed by atoms with van der Waals surface area (Å²) < 4.78 is 3.46.